The first-order chi connectivity index (χ1) is 15.3. The molecule has 0 amide bonds. The molecule has 0 aliphatic rings. The number of aromatic nitrogens is 4. The van der Waals surface area contributed by atoms with Gasteiger partial charge in [-0.15, -0.1) is 0 Å². The van der Waals surface area contributed by atoms with Crippen LogP contribution in [0.4, 0.5) is 19.0 Å². The monoisotopic (exact) mass is 438 g/mol. The molecule has 0 spiro atoms. The summed E-state index contributed by atoms with van der Waals surface area (Å²) in [7, 11) is 3.43. The summed E-state index contributed by atoms with van der Waals surface area (Å²) in [6.45, 7) is -0.129. The highest BCUT2D eigenvalue weighted by molar-refractivity contribution is 5.84. The molecule has 0 unspecified atom stereocenters. The highest BCUT2D eigenvalue weighted by Crippen LogP contribution is 2.39. The van der Waals surface area contributed by atoms with Crippen LogP contribution in [-0.2, 0) is 19.8 Å². The standard InChI is InChI=1S/C22H17F3N6O/c1-27-20-5-3-4-14(29-20)11-32-19-7-6-13(8-15(19)22(23,24)25)16-9-18-21(17(10-26)30-16)28-12-31(18)2/h3-9,12H,11H2,1-2H3,(H,27,29). The van der Waals surface area contributed by atoms with E-state index < -0.39 is 11.7 Å². The van der Waals surface area contributed by atoms with Crippen molar-refractivity contribution in [2.45, 2.75) is 12.8 Å². The first-order valence-electron chi connectivity index (χ1n) is 9.50. The predicted octanol–water partition coefficient (Wildman–Crippen LogP) is 4.54. The Hall–Kier alpha value is -4.13. The van der Waals surface area contributed by atoms with Gasteiger partial charge in [0.2, 0.25) is 0 Å². The summed E-state index contributed by atoms with van der Waals surface area (Å²) in [6, 6.07) is 12.4. The van der Waals surface area contributed by atoms with E-state index in [9.17, 15) is 18.4 Å². The van der Waals surface area contributed by atoms with E-state index in [1.165, 1.54) is 18.5 Å². The van der Waals surface area contributed by atoms with Gasteiger partial charge in [-0.05, 0) is 36.4 Å². The summed E-state index contributed by atoms with van der Waals surface area (Å²) in [4.78, 5) is 12.6. The van der Waals surface area contributed by atoms with Crippen molar-refractivity contribution in [1.29, 1.82) is 5.26 Å². The van der Waals surface area contributed by atoms with Gasteiger partial charge in [0.25, 0.3) is 0 Å². The lowest BCUT2D eigenvalue weighted by Crippen LogP contribution is -2.10. The van der Waals surface area contributed by atoms with Gasteiger partial charge in [-0.3, -0.25) is 0 Å². The maximum atomic E-state index is 13.8. The number of nitrogens with one attached hydrogen (secondary N) is 1. The summed E-state index contributed by atoms with van der Waals surface area (Å²) in [6.07, 6.45) is -3.13. The van der Waals surface area contributed by atoms with Gasteiger partial charge in [-0.25, -0.2) is 15.0 Å². The van der Waals surface area contributed by atoms with Crippen molar-refractivity contribution in [1.82, 2.24) is 19.5 Å². The quantitative estimate of drug-likeness (QED) is 0.492. The van der Waals surface area contributed by atoms with Gasteiger partial charge >= 0.3 is 6.18 Å². The van der Waals surface area contributed by atoms with Crippen molar-refractivity contribution >= 4 is 16.9 Å². The number of benzene rings is 1. The van der Waals surface area contributed by atoms with E-state index in [2.05, 4.69) is 20.3 Å². The van der Waals surface area contributed by atoms with E-state index in [4.69, 9.17) is 4.74 Å². The van der Waals surface area contributed by atoms with Gasteiger partial charge in [0, 0.05) is 19.7 Å². The third kappa shape index (κ3) is 4.05. The molecule has 0 saturated heterocycles. The SMILES string of the molecule is CNc1cccc(COc2ccc(-c3cc4c(ncn4C)c(C#N)n3)cc2C(F)(F)F)n1. The van der Waals surface area contributed by atoms with E-state index in [1.54, 1.807) is 42.9 Å². The largest absolute Gasteiger partial charge is 0.487 e. The Bertz CT molecular complexity index is 1340. The number of anilines is 1. The number of rotatable bonds is 5. The molecule has 4 aromatic rings. The zero-order chi connectivity index (χ0) is 22.9. The summed E-state index contributed by atoms with van der Waals surface area (Å²) in [5, 5.41) is 12.3. The molecule has 4 rings (SSSR count). The van der Waals surface area contributed by atoms with Crippen molar-refractivity contribution in [3.05, 3.63) is 65.7 Å². The Morgan fingerprint density at radius 1 is 1.16 bits per heavy atom. The molecule has 3 heterocycles. The van der Waals surface area contributed by atoms with Crippen LogP contribution in [0.15, 0.2) is 48.8 Å². The lowest BCUT2D eigenvalue weighted by Gasteiger charge is -2.15. The number of nitriles is 1. The minimum atomic E-state index is -4.65. The van der Waals surface area contributed by atoms with Gasteiger partial charge in [0.15, 0.2) is 5.69 Å². The van der Waals surface area contributed by atoms with Crippen molar-refractivity contribution in [3.63, 3.8) is 0 Å². The third-order valence-corrected chi connectivity index (χ3v) is 4.84. The molecule has 32 heavy (non-hydrogen) atoms. The van der Waals surface area contributed by atoms with Crippen molar-refractivity contribution in [3.8, 4) is 23.1 Å². The molecule has 0 fully saturated rings. The van der Waals surface area contributed by atoms with Gasteiger partial charge < -0.3 is 14.6 Å². The molecule has 0 aliphatic heterocycles. The molecule has 0 saturated carbocycles. The Kier molecular flexibility index (Phi) is 5.40. The van der Waals surface area contributed by atoms with E-state index >= 15 is 0 Å². The highest BCUT2D eigenvalue weighted by Gasteiger charge is 2.35. The molecule has 7 nitrogen and oxygen atoms in total. The maximum absolute atomic E-state index is 13.8. The lowest BCUT2D eigenvalue weighted by atomic mass is 10.1. The molecule has 0 aliphatic carbocycles. The third-order valence-electron chi connectivity index (χ3n) is 4.84. The zero-order valence-corrected chi connectivity index (χ0v) is 17.1. The number of nitrogens with zero attached hydrogens (tertiary/aromatic N) is 5. The Labute approximate surface area is 181 Å². The number of halogens is 3. The molecular weight excluding hydrogens is 421 g/mol. The molecule has 0 atom stereocenters. The van der Waals surface area contributed by atoms with E-state index in [0.29, 0.717) is 22.5 Å². The average molecular weight is 438 g/mol. The Morgan fingerprint density at radius 2 is 1.97 bits per heavy atom. The predicted molar refractivity (Wildman–Crippen MR) is 112 cm³/mol. The maximum Gasteiger partial charge on any atom is 0.419 e. The second-order valence-electron chi connectivity index (χ2n) is 6.95. The van der Waals surface area contributed by atoms with Crippen molar-refractivity contribution in [2.75, 3.05) is 12.4 Å². The molecule has 10 heteroatoms. The van der Waals surface area contributed by atoms with Crippen LogP contribution in [0.3, 0.4) is 0 Å². The van der Waals surface area contributed by atoms with Crippen LogP contribution >= 0.6 is 0 Å². The first-order valence-corrected chi connectivity index (χ1v) is 9.50. The van der Waals surface area contributed by atoms with Gasteiger partial charge in [0.05, 0.1) is 28.8 Å². The number of imidazole rings is 1. The second kappa shape index (κ2) is 8.19. The molecule has 0 bridgehead atoms. The van der Waals surface area contributed by atoms with Gasteiger partial charge in [-0.1, -0.05) is 6.07 Å². The van der Waals surface area contributed by atoms with Crippen molar-refractivity contribution in [2.24, 2.45) is 7.05 Å². The Balaban J connectivity index is 1.72. The second-order valence-corrected chi connectivity index (χ2v) is 6.95. The van der Waals surface area contributed by atoms with Crippen LogP contribution in [-0.4, -0.2) is 26.6 Å². The van der Waals surface area contributed by atoms with Gasteiger partial charge in [0.1, 0.15) is 29.8 Å². The van der Waals surface area contributed by atoms with E-state index in [1.807, 2.05) is 6.07 Å². The normalized spacial score (nSPS) is 11.4. The fourth-order valence-corrected chi connectivity index (χ4v) is 3.24. The number of aryl methyl sites for hydroxylation is 1. The van der Waals surface area contributed by atoms with Gasteiger partial charge in [-0.2, -0.15) is 18.4 Å². The number of pyridine rings is 2. The zero-order valence-electron chi connectivity index (χ0n) is 17.1. The van der Waals surface area contributed by atoms with Crippen LogP contribution in [0.2, 0.25) is 0 Å². The summed E-state index contributed by atoms with van der Waals surface area (Å²) >= 11 is 0. The first kappa shape index (κ1) is 21.1. The fourth-order valence-electron chi connectivity index (χ4n) is 3.24. The van der Waals surface area contributed by atoms with E-state index in [0.717, 1.165) is 6.07 Å². The number of ether oxygens (including phenoxy) is 1. The molecule has 162 valence electrons. The van der Waals surface area contributed by atoms with Crippen LogP contribution in [0.5, 0.6) is 5.75 Å². The molecule has 1 N–H and O–H groups in total. The molecule has 0 radical (unpaired) electrons. The highest BCUT2D eigenvalue weighted by atomic mass is 19.4. The molecule has 1 aromatic carbocycles. The number of hydrogen-bond acceptors (Lipinski definition) is 6. The number of fused-ring (bicyclic) bond motifs is 1. The van der Waals surface area contributed by atoms with Crippen LogP contribution in [0.1, 0.15) is 17.0 Å². The fraction of sp³-hybridized carbons (Fsp3) is 0.182. The lowest BCUT2D eigenvalue weighted by molar-refractivity contribution is -0.139. The summed E-state index contributed by atoms with van der Waals surface area (Å²) in [5.41, 5.74) is 1.02. The summed E-state index contributed by atoms with van der Waals surface area (Å²) in [5.74, 6) is 0.266. The minimum Gasteiger partial charge on any atom is -0.487 e. The number of hydrogen-bond donors (Lipinski definition) is 1. The van der Waals surface area contributed by atoms with Crippen LogP contribution in [0.25, 0.3) is 22.3 Å². The summed E-state index contributed by atoms with van der Waals surface area (Å²) < 4.78 is 48.6. The average Bonchev–Trinajstić information content (AvgIpc) is 3.17. The Morgan fingerprint density at radius 3 is 2.69 bits per heavy atom. The molecule has 3 aromatic heterocycles. The van der Waals surface area contributed by atoms with Crippen LogP contribution < -0.4 is 10.1 Å². The van der Waals surface area contributed by atoms with Crippen LogP contribution in [0, 0.1) is 11.3 Å². The van der Waals surface area contributed by atoms with Crippen molar-refractivity contribution < 1.29 is 17.9 Å². The minimum absolute atomic E-state index is 0.0440. The molecular formula is C22H17F3N6O. The topological polar surface area (TPSA) is 88.6 Å². The number of alkyl halides is 3. The van der Waals surface area contributed by atoms with E-state index in [-0.39, 0.29) is 29.3 Å². The smallest absolute Gasteiger partial charge is 0.419 e.